The van der Waals surface area contributed by atoms with Gasteiger partial charge in [0.15, 0.2) is 11.6 Å². The van der Waals surface area contributed by atoms with Gasteiger partial charge in [0.2, 0.25) is 5.82 Å². The van der Waals surface area contributed by atoms with E-state index < -0.39 is 11.6 Å². The number of hydrogen-bond acceptors (Lipinski definition) is 1. The summed E-state index contributed by atoms with van der Waals surface area (Å²) in [7, 11) is 0. The number of aryl methyl sites for hydroxylation is 1. The first-order valence-corrected chi connectivity index (χ1v) is 10.5. The highest BCUT2D eigenvalue weighted by atomic mass is 19.2. The van der Waals surface area contributed by atoms with Crippen LogP contribution in [0, 0.1) is 23.4 Å². The van der Waals surface area contributed by atoms with E-state index in [9.17, 15) is 13.2 Å². The molecule has 0 atom stereocenters. The summed E-state index contributed by atoms with van der Waals surface area (Å²) in [5.41, 5.74) is 2.08. The largest absolute Gasteiger partial charge is 0.491 e. The van der Waals surface area contributed by atoms with Crippen LogP contribution in [0.4, 0.5) is 13.2 Å². The lowest BCUT2D eigenvalue weighted by molar-refractivity contribution is 0.296. The van der Waals surface area contributed by atoms with Gasteiger partial charge in [-0.25, -0.2) is 8.78 Å². The number of rotatable bonds is 7. The van der Waals surface area contributed by atoms with Crippen LogP contribution in [0.2, 0.25) is 0 Å². The van der Waals surface area contributed by atoms with Crippen LogP contribution in [0.15, 0.2) is 36.4 Å². The maximum absolute atomic E-state index is 14.5. The van der Waals surface area contributed by atoms with Crippen molar-refractivity contribution in [1.82, 2.24) is 0 Å². The van der Waals surface area contributed by atoms with Crippen molar-refractivity contribution < 1.29 is 17.9 Å². The molecule has 2 aromatic carbocycles. The maximum atomic E-state index is 14.5. The van der Waals surface area contributed by atoms with Gasteiger partial charge in [0.25, 0.3) is 0 Å². The average Bonchev–Trinajstić information content (AvgIpc) is 2.72. The van der Waals surface area contributed by atoms with Crippen molar-refractivity contribution in [3.8, 4) is 5.75 Å². The van der Waals surface area contributed by atoms with Gasteiger partial charge < -0.3 is 4.74 Å². The van der Waals surface area contributed by atoms with Crippen LogP contribution >= 0.6 is 0 Å². The fourth-order valence-electron chi connectivity index (χ4n) is 4.31. The minimum atomic E-state index is -0.886. The van der Waals surface area contributed by atoms with Crippen molar-refractivity contribution >= 4 is 6.08 Å². The normalized spacial score (nSPS) is 19.6. The third kappa shape index (κ3) is 5.23. The first-order valence-electron chi connectivity index (χ1n) is 10.5. The number of hydrogen-bond donors (Lipinski definition) is 0. The number of halogens is 3. The Bertz CT molecular complexity index is 851. The van der Waals surface area contributed by atoms with Gasteiger partial charge in [-0.3, -0.25) is 0 Å². The Balaban J connectivity index is 1.55. The summed E-state index contributed by atoms with van der Waals surface area (Å²) in [5.74, 6) is -1.30. The Morgan fingerprint density at radius 3 is 2.41 bits per heavy atom. The molecule has 0 heterocycles. The van der Waals surface area contributed by atoms with Crippen LogP contribution in [0.25, 0.3) is 6.08 Å². The summed E-state index contributed by atoms with van der Waals surface area (Å²) in [6.07, 6.45) is 8.99. The van der Waals surface area contributed by atoms with E-state index in [1.54, 1.807) is 19.1 Å². The first kappa shape index (κ1) is 21.5. The van der Waals surface area contributed by atoms with Gasteiger partial charge >= 0.3 is 0 Å². The van der Waals surface area contributed by atoms with E-state index in [1.165, 1.54) is 6.07 Å². The zero-order valence-corrected chi connectivity index (χ0v) is 17.2. The van der Waals surface area contributed by atoms with Crippen LogP contribution in [0.1, 0.15) is 68.6 Å². The molecule has 1 aliphatic rings. The number of ether oxygens (including phenoxy) is 1. The minimum Gasteiger partial charge on any atom is -0.491 e. The predicted molar refractivity (Wildman–Crippen MR) is 112 cm³/mol. The SMILES string of the molecule is CC=Cc1ccc(CCC2CCC(c3ccc(OCC)c(F)c3F)CC2)c(F)c1. The van der Waals surface area contributed by atoms with Gasteiger partial charge in [0, 0.05) is 0 Å². The Hall–Kier alpha value is -2.23. The second-order valence-corrected chi connectivity index (χ2v) is 7.82. The van der Waals surface area contributed by atoms with Crippen molar-refractivity contribution in [2.45, 2.75) is 58.3 Å². The molecule has 0 N–H and O–H groups in total. The standard InChI is InChI=1S/C25H29F3O/c1-3-5-18-9-13-20(22(26)16-18)12-8-17-6-10-19(11-7-17)21-14-15-23(29-4-2)25(28)24(21)27/h3,5,9,13-17,19H,4,6-8,10-12H2,1-2H3. The zero-order valence-electron chi connectivity index (χ0n) is 17.2. The monoisotopic (exact) mass is 402 g/mol. The van der Waals surface area contributed by atoms with E-state index in [0.717, 1.165) is 43.2 Å². The summed E-state index contributed by atoms with van der Waals surface area (Å²) >= 11 is 0. The van der Waals surface area contributed by atoms with E-state index in [-0.39, 0.29) is 17.5 Å². The molecule has 0 spiro atoms. The van der Waals surface area contributed by atoms with Crippen LogP contribution in [-0.4, -0.2) is 6.61 Å². The molecule has 0 amide bonds. The lowest BCUT2D eigenvalue weighted by atomic mass is 9.76. The Morgan fingerprint density at radius 1 is 1.00 bits per heavy atom. The smallest absolute Gasteiger partial charge is 0.200 e. The second kappa shape index (κ2) is 10.00. The third-order valence-electron chi connectivity index (χ3n) is 5.92. The quantitative estimate of drug-likeness (QED) is 0.467. The summed E-state index contributed by atoms with van der Waals surface area (Å²) in [4.78, 5) is 0. The van der Waals surface area contributed by atoms with Crippen molar-refractivity contribution in [3.63, 3.8) is 0 Å². The Morgan fingerprint density at radius 2 is 1.76 bits per heavy atom. The molecule has 0 aliphatic heterocycles. The van der Waals surface area contributed by atoms with E-state index >= 15 is 0 Å². The van der Waals surface area contributed by atoms with Crippen LogP contribution < -0.4 is 4.74 Å². The maximum Gasteiger partial charge on any atom is 0.200 e. The molecule has 29 heavy (non-hydrogen) atoms. The fourth-order valence-corrected chi connectivity index (χ4v) is 4.31. The molecule has 2 aromatic rings. The van der Waals surface area contributed by atoms with E-state index in [4.69, 9.17) is 4.74 Å². The molecular weight excluding hydrogens is 373 g/mol. The van der Waals surface area contributed by atoms with Crippen molar-refractivity contribution in [2.75, 3.05) is 6.61 Å². The van der Waals surface area contributed by atoms with Crippen molar-refractivity contribution in [3.05, 3.63) is 70.5 Å². The average molecular weight is 403 g/mol. The van der Waals surface area contributed by atoms with Gasteiger partial charge in [-0.2, -0.15) is 4.39 Å². The van der Waals surface area contributed by atoms with Gasteiger partial charge in [-0.05, 0) is 93.0 Å². The topological polar surface area (TPSA) is 9.23 Å². The van der Waals surface area contributed by atoms with Gasteiger partial charge in [-0.1, -0.05) is 30.4 Å². The van der Waals surface area contributed by atoms with E-state index in [0.29, 0.717) is 24.5 Å². The summed E-state index contributed by atoms with van der Waals surface area (Å²) in [6.45, 7) is 3.96. The summed E-state index contributed by atoms with van der Waals surface area (Å²) < 4.78 is 48.0. The zero-order chi connectivity index (χ0) is 20.8. The first-order chi connectivity index (χ1) is 14.0. The Kier molecular flexibility index (Phi) is 7.40. The molecule has 1 nitrogen and oxygen atoms in total. The highest BCUT2D eigenvalue weighted by molar-refractivity contribution is 5.49. The van der Waals surface area contributed by atoms with Crippen molar-refractivity contribution in [2.24, 2.45) is 5.92 Å². The highest BCUT2D eigenvalue weighted by Crippen LogP contribution is 2.40. The molecule has 0 bridgehead atoms. The predicted octanol–water partition coefficient (Wildman–Crippen LogP) is 7.44. The molecule has 1 saturated carbocycles. The summed E-state index contributed by atoms with van der Waals surface area (Å²) in [6, 6.07) is 8.59. The van der Waals surface area contributed by atoms with E-state index in [1.807, 2.05) is 31.2 Å². The highest BCUT2D eigenvalue weighted by Gasteiger charge is 2.26. The van der Waals surface area contributed by atoms with E-state index in [2.05, 4.69) is 0 Å². The molecule has 156 valence electrons. The van der Waals surface area contributed by atoms with Gasteiger partial charge in [0.1, 0.15) is 5.82 Å². The molecule has 0 radical (unpaired) electrons. The molecule has 0 unspecified atom stereocenters. The molecule has 0 saturated heterocycles. The lowest BCUT2D eigenvalue weighted by Crippen LogP contribution is -2.16. The lowest BCUT2D eigenvalue weighted by Gasteiger charge is -2.29. The fraction of sp³-hybridized carbons (Fsp3) is 0.440. The van der Waals surface area contributed by atoms with Crippen LogP contribution in [0.5, 0.6) is 5.75 Å². The summed E-state index contributed by atoms with van der Waals surface area (Å²) in [5, 5.41) is 0. The molecule has 1 fully saturated rings. The number of allylic oxidation sites excluding steroid dienone is 1. The Labute approximate surface area is 171 Å². The van der Waals surface area contributed by atoms with Crippen LogP contribution in [-0.2, 0) is 6.42 Å². The molecule has 0 aromatic heterocycles. The minimum absolute atomic E-state index is 0.0232. The number of benzene rings is 2. The van der Waals surface area contributed by atoms with Gasteiger partial charge in [-0.15, -0.1) is 0 Å². The molecule has 3 rings (SSSR count). The van der Waals surface area contributed by atoms with Crippen molar-refractivity contribution in [1.29, 1.82) is 0 Å². The van der Waals surface area contributed by atoms with Crippen LogP contribution in [0.3, 0.4) is 0 Å². The van der Waals surface area contributed by atoms with Gasteiger partial charge in [0.05, 0.1) is 6.61 Å². The second-order valence-electron chi connectivity index (χ2n) is 7.82. The third-order valence-corrected chi connectivity index (χ3v) is 5.92. The molecular formula is C25H29F3O. The molecule has 1 aliphatic carbocycles. The molecule has 4 heteroatoms.